The van der Waals surface area contributed by atoms with Gasteiger partial charge in [0.25, 0.3) is 5.56 Å². The van der Waals surface area contributed by atoms with Gasteiger partial charge in [0, 0.05) is 12.1 Å². The summed E-state index contributed by atoms with van der Waals surface area (Å²) in [5.74, 6) is 0.342. The molecule has 20 heavy (non-hydrogen) atoms. The number of benzene rings is 1. The van der Waals surface area contributed by atoms with Crippen LogP contribution in [0.5, 0.6) is 0 Å². The SMILES string of the molecule is Cc1ccc(-c2cc(N)c(=O)n(CC(C)C)n2)c(C)c1. The van der Waals surface area contributed by atoms with Gasteiger partial charge >= 0.3 is 0 Å². The zero-order valence-electron chi connectivity index (χ0n) is 12.5. The van der Waals surface area contributed by atoms with Crippen molar-refractivity contribution in [3.63, 3.8) is 0 Å². The summed E-state index contributed by atoms with van der Waals surface area (Å²) in [7, 11) is 0. The zero-order valence-corrected chi connectivity index (χ0v) is 12.5. The molecular formula is C16H21N3O. The molecule has 0 aliphatic carbocycles. The van der Waals surface area contributed by atoms with Gasteiger partial charge < -0.3 is 5.73 Å². The molecule has 106 valence electrons. The third kappa shape index (κ3) is 2.90. The third-order valence-corrected chi connectivity index (χ3v) is 3.20. The van der Waals surface area contributed by atoms with Crippen molar-refractivity contribution in [3.05, 3.63) is 45.7 Å². The quantitative estimate of drug-likeness (QED) is 0.933. The van der Waals surface area contributed by atoms with Crippen molar-refractivity contribution in [2.75, 3.05) is 5.73 Å². The summed E-state index contributed by atoms with van der Waals surface area (Å²) in [6.45, 7) is 8.76. The van der Waals surface area contributed by atoms with E-state index in [1.807, 2.05) is 32.9 Å². The maximum absolute atomic E-state index is 12.0. The van der Waals surface area contributed by atoms with Gasteiger partial charge in [0.15, 0.2) is 0 Å². The van der Waals surface area contributed by atoms with Crippen molar-refractivity contribution in [2.24, 2.45) is 5.92 Å². The van der Waals surface area contributed by atoms with Crippen molar-refractivity contribution in [1.29, 1.82) is 0 Å². The molecule has 0 atom stereocenters. The third-order valence-electron chi connectivity index (χ3n) is 3.20. The first kappa shape index (κ1) is 14.3. The van der Waals surface area contributed by atoms with Crippen molar-refractivity contribution >= 4 is 5.69 Å². The van der Waals surface area contributed by atoms with Gasteiger partial charge in [-0.25, -0.2) is 4.68 Å². The molecule has 2 aromatic rings. The minimum atomic E-state index is -0.216. The van der Waals surface area contributed by atoms with Gasteiger partial charge in [0.05, 0.1) is 5.69 Å². The molecule has 0 aliphatic rings. The number of anilines is 1. The fraction of sp³-hybridized carbons (Fsp3) is 0.375. The van der Waals surface area contributed by atoms with Crippen LogP contribution in [0.3, 0.4) is 0 Å². The van der Waals surface area contributed by atoms with E-state index in [-0.39, 0.29) is 11.2 Å². The fourth-order valence-corrected chi connectivity index (χ4v) is 2.26. The standard InChI is InChI=1S/C16H21N3O/c1-10(2)9-19-16(20)14(17)8-15(18-19)13-6-5-11(3)7-12(13)4/h5-8,10H,9,17H2,1-4H3. The summed E-state index contributed by atoms with van der Waals surface area (Å²) >= 11 is 0. The van der Waals surface area contributed by atoms with Gasteiger partial charge in [-0.1, -0.05) is 37.6 Å². The summed E-state index contributed by atoms with van der Waals surface area (Å²) in [6.07, 6.45) is 0. The second-order valence-corrected chi connectivity index (χ2v) is 5.68. The Labute approximate surface area is 119 Å². The van der Waals surface area contributed by atoms with E-state index in [0.29, 0.717) is 12.5 Å². The minimum absolute atomic E-state index is 0.216. The zero-order chi connectivity index (χ0) is 14.9. The first-order valence-corrected chi connectivity index (χ1v) is 6.83. The molecule has 0 spiro atoms. The van der Waals surface area contributed by atoms with Crippen LogP contribution in [0.2, 0.25) is 0 Å². The van der Waals surface area contributed by atoms with Crippen LogP contribution in [0, 0.1) is 19.8 Å². The number of nitrogens with two attached hydrogens (primary N) is 1. The summed E-state index contributed by atoms with van der Waals surface area (Å²) in [5, 5.41) is 4.46. The van der Waals surface area contributed by atoms with Gasteiger partial charge in [-0.2, -0.15) is 5.10 Å². The lowest BCUT2D eigenvalue weighted by Crippen LogP contribution is -2.27. The lowest BCUT2D eigenvalue weighted by atomic mass is 10.0. The van der Waals surface area contributed by atoms with Gasteiger partial charge in [0.2, 0.25) is 0 Å². The Morgan fingerprint density at radius 2 is 1.95 bits per heavy atom. The number of aromatic nitrogens is 2. The van der Waals surface area contributed by atoms with Crippen LogP contribution >= 0.6 is 0 Å². The number of aryl methyl sites for hydroxylation is 2. The average Bonchev–Trinajstić information content (AvgIpc) is 2.34. The number of nitrogen functional groups attached to an aromatic ring is 1. The Kier molecular flexibility index (Phi) is 3.93. The summed E-state index contributed by atoms with van der Waals surface area (Å²) < 4.78 is 1.47. The van der Waals surface area contributed by atoms with Crippen LogP contribution in [-0.2, 0) is 6.54 Å². The van der Waals surface area contributed by atoms with E-state index in [9.17, 15) is 4.79 Å². The van der Waals surface area contributed by atoms with Crippen molar-refractivity contribution < 1.29 is 0 Å². The normalized spacial score (nSPS) is 11.1. The number of rotatable bonds is 3. The predicted molar refractivity (Wildman–Crippen MR) is 82.7 cm³/mol. The van der Waals surface area contributed by atoms with Crippen LogP contribution < -0.4 is 11.3 Å². The minimum Gasteiger partial charge on any atom is -0.394 e. The topological polar surface area (TPSA) is 60.9 Å². The van der Waals surface area contributed by atoms with E-state index in [0.717, 1.165) is 16.8 Å². The lowest BCUT2D eigenvalue weighted by molar-refractivity contribution is 0.466. The van der Waals surface area contributed by atoms with E-state index in [4.69, 9.17) is 5.73 Å². The van der Waals surface area contributed by atoms with Gasteiger partial charge in [0.1, 0.15) is 5.69 Å². The molecule has 0 radical (unpaired) electrons. The molecule has 0 unspecified atom stereocenters. The van der Waals surface area contributed by atoms with E-state index in [1.165, 1.54) is 10.2 Å². The van der Waals surface area contributed by atoms with Crippen LogP contribution in [0.15, 0.2) is 29.1 Å². The Balaban J connectivity index is 2.57. The average molecular weight is 271 g/mol. The smallest absolute Gasteiger partial charge is 0.289 e. The molecule has 0 bridgehead atoms. The lowest BCUT2D eigenvalue weighted by Gasteiger charge is -2.12. The van der Waals surface area contributed by atoms with Gasteiger partial charge in [-0.15, -0.1) is 0 Å². The van der Waals surface area contributed by atoms with Crippen LogP contribution in [0.1, 0.15) is 25.0 Å². The molecule has 0 saturated heterocycles. The monoisotopic (exact) mass is 271 g/mol. The first-order valence-electron chi connectivity index (χ1n) is 6.83. The maximum atomic E-state index is 12.0. The van der Waals surface area contributed by atoms with E-state index in [2.05, 4.69) is 18.1 Å². The van der Waals surface area contributed by atoms with Gasteiger partial charge in [-0.3, -0.25) is 4.79 Å². The summed E-state index contributed by atoms with van der Waals surface area (Å²) in [5.41, 5.74) is 9.97. The van der Waals surface area contributed by atoms with Crippen LogP contribution in [0.25, 0.3) is 11.3 Å². The van der Waals surface area contributed by atoms with Gasteiger partial charge in [-0.05, 0) is 31.4 Å². The Bertz CT molecular complexity index is 687. The fourth-order valence-electron chi connectivity index (χ4n) is 2.26. The molecule has 0 aliphatic heterocycles. The summed E-state index contributed by atoms with van der Waals surface area (Å²) in [6, 6.07) is 7.83. The molecule has 2 N–H and O–H groups in total. The predicted octanol–water partition coefficient (Wildman–Crippen LogP) is 2.77. The molecule has 4 nitrogen and oxygen atoms in total. The molecule has 1 aromatic heterocycles. The Morgan fingerprint density at radius 1 is 1.25 bits per heavy atom. The summed E-state index contributed by atoms with van der Waals surface area (Å²) in [4.78, 5) is 12.0. The van der Waals surface area contributed by atoms with Crippen molar-refractivity contribution in [3.8, 4) is 11.3 Å². The first-order chi connectivity index (χ1) is 9.38. The molecule has 4 heteroatoms. The highest BCUT2D eigenvalue weighted by Gasteiger charge is 2.10. The van der Waals surface area contributed by atoms with Crippen molar-refractivity contribution in [2.45, 2.75) is 34.2 Å². The molecule has 0 amide bonds. The van der Waals surface area contributed by atoms with E-state index >= 15 is 0 Å². The number of hydrogen-bond acceptors (Lipinski definition) is 3. The van der Waals surface area contributed by atoms with Crippen LogP contribution in [-0.4, -0.2) is 9.78 Å². The Hall–Kier alpha value is -2.10. The highest BCUT2D eigenvalue weighted by molar-refractivity contribution is 5.66. The van der Waals surface area contributed by atoms with Crippen LogP contribution in [0.4, 0.5) is 5.69 Å². The molecular weight excluding hydrogens is 250 g/mol. The van der Waals surface area contributed by atoms with E-state index < -0.39 is 0 Å². The Morgan fingerprint density at radius 3 is 2.55 bits per heavy atom. The molecule has 1 heterocycles. The number of nitrogens with zero attached hydrogens (tertiary/aromatic N) is 2. The highest BCUT2D eigenvalue weighted by Crippen LogP contribution is 2.22. The second kappa shape index (κ2) is 5.49. The van der Waals surface area contributed by atoms with E-state index in [1.54, 1.807) is 6.07 Å². The highest BCUT2D eigenvalue weighted by atomic mass is 16.1. The molecule has 2 rings (SSSR count). The largest absolute Gasteiger partial charge is 0.394 e. The molecule has 0 saturated carbocycles. The maximum Gasteiger partial charge on any atom is 0.289 e. The molecule has 1 aromatic carbocycles. The number of hydrogen-bond donors (Lipinski definition) is 1. The second-order valence-electron chi connectivity index (χ2n) is 5.68. The molecule has 0 fully saturated rings. The van der Waals surface area contributed by atoms with Crippen molar-refractivity contribution in [1.82, 2.24) is 9.78 Å².